The summed E-state index contributed by atoms with van der Waals surface area (Å²) in [7, 11) is 0. The van der Waals surface area contributed by atoms with E-state index in [9.17, 15) is 0 Å². The Morgan fingerprint density at radius 3 is 1.02 bits per heavy atom. The van der Waals surface area contributed by atoms with Crippen molar-refractivity contribution >= 4 is 65.4 Å². The number of rotatable bonds is 6. The number of hydrogen-bond donors (Lipinski definition) is 0. The predicted molar refractivity (Wildman–Crippen MR) is 259 cm³/mol. The van der Waals surface area contributed by atoms with Gasteiger partial charge in [0.1, 0.15) is 0 Å². The molecule has 0 saturated carbocycles. The molecule has 0 aliphatic rings. The maximum absolute atomic E-state index is 5.31. The Hall–Kier alpha value is -8.61. The predicted octanol–water partition coefficient (Wildman–Crippen LogP) is 14.2. The molecular weight excluding hydrogens is 769 g/mol. The highest BCUT2D eigenvalue weighted by molar-refractivity contribution is 6.14. The first kappa shape index (κ1) is 35.2. The fourth-order valence-corrected chi connectivity index (χ4v) is 9.65. The van der Waals surface area contributed by atoms with Crippen molar-refractivity contribution in [3.63, 3.8) is 0 Å². The fraction of sp³-hybridized carbons (Fsp3) is 0. The zero-order valence-corrected chi connectivity index (χ0v) is 34.0. The molecule has 6 heteroatoms. The van der Waals surface area contributed by atoms with E-state index in [-0.39, 0.29) is 0 Å². The highest BCUT2D eigenvalue weighted by Gasteiger charge is 2.21. The smallest absolute Gasteiger partial charge is 0.238 e. The van der Waals surface area contributed by atoms with Crippen molar-refractivity contribution in [3.8, 4) is 51.2 Å². The number of aromatic nitrogens is 6. The Labute approximate surface area is 362 Å². The Bertz CT molecular complexity index is 3620. The molecule has 0 spiro atoms. The SMILES string of the molecule is c1ccc(-c2ccc(-c3nc(-c4ccccc4)nc(-n4c5ccc(-n6c7ccccc7c7ccccc76)cc5c5cc(-n6c7ccccc7c7ccccc76)ccc54)n3)cc2)cc1. The number of para-hydroxylation sites is 4. The molecule has 0 aliphatic carbocycles. The minimum atomic E-state index is 0.556. The van der Waals surface area contributed by atoms with E-state index >= 15 is 0 Å². The summed E-state index contributed by atoms with van der Waals surface area (Å²) in [6.45, 7) is 0. The van der Waals surface area contributed by atoms with Crippen molar-refractivity contribution in [2.75, 3.05) is 0 Å². The van der Waals surface area contributed by atoms with Gasteiger partial charge in [0.15, 0.2) is 11.6 Å². The van der Waals surface area contributed by atoms with Crippen LogP contribution in [0.5, 0.6) is 0 Å². The summed E-state index contributed by atoms with van der Waals surface area (Å²) >= 11 is 0. The molecule has 0 amide bonds. The van der Waals surface area contributed by atoms with Gasteiger partial charge in [-0.2, -0.15) is 9.97 Å². The van der Waals surface area contributed by atoms with Crippen LogP contribution in [0.1, 0.15) is 0 Å². The van der Waals surface area contributed by atoms with Crippen molar-refractivity contribution in [3.05, 3.63) is 218 Å². The molecule has 0 fully saturated rings. The van der Waals surface area contributed by atoms with E-state index in [4.69, 9.17) is 15.0 Å². The normalized spacial score (nSPS) is 11.8. The minimum Gasteiger partial charge on any atom is -0.309 e. The molecule has 294 valence electrons. The molecule has 0 radical (unpaired) electrons. The zero-order chi connectivity index (χ0) is 41.4. The summed E-state index contributed by atoms with van der Waals surface area (Å²) in [4.78, 5) is 15.7. The molecule has 4 heterocycles. The van der Waals surface area contributed by atoms with E-state index in [2.05, 4.69) is 208 Å². The topological polar surface area (TPSA) is 53.5 Å². The van der Waals surface area contributed by atoms with Gasteiger partial charge < -0.3 is 9.13 Å². The van der Waals surface area contributed by atoms with Gasteiger partial charge in [0, 0.05) is 54.8 Å². The van der Waals surface area contributed by atoms with Gasteiger partial charge >= 0.3 is 0 Å². The summed E-state index contributed by atoms with van der Waals surface area (Å²) in [5.74, 6) is 1.78. The van der Waals surface area contributed by atoms with E-state index < -0.39 is 0 Å². The lowest BCUT2D eigenvalue weighted by molar-refractivity contribution is 0.953. The van der Waals surface area contributed by atoms with Crippen LogP contribution < -0.4 is 0 Å². The molecule has 0 bridgehead atoms. The average Bonchev–Trinajstić information content (AvgIpc) is 4.00. The molecule has 0 saturated heterocycles. The Balaban J connectivity index is 1.08. The number of fused-ring (bicyclic) bond motifs is 9. The molecule has 4 aromatic heterocycles. The summed E-state index contributed by atoms with van der Waals surface area (Å²) in [5, 5.41) is 7.11. The first-order valence-corrected chi connectivity index (χ1v) is 21.3. The molecule has 13 aromatic rings. The lowest BCUT2D eigenvalue weighted by Gasteiger charge is -2.12. The standard InChI is InChI=1S/C57H36N6/c1-3-15-37(16-4-1)38-27-29-40(30-28-38)56-58-55(39-17-5-2-6-18-39)59-57(60-56)63-53-33-31-41(61-49-23-11-7-19-43(49)44-20-8-12-24-50(44)61)35-47(53)48-36-42(32-34-54(48)63)62-51-25-13-9-21-45(51)46-22-10-14-26-52(46)62/h1-36H. The quantitative estimate of drug-likeness (QED) is 0.168. The largest absolute Gasteiger partial charge is 0.309 e. The average molecular weight is 805 g/mol. The molecule has 0 unspecified atom stereocenters. The third-order valence-electron chi connectivity index (χ3n) is 12.5. The Morgan fingerprint density at radius 2 is 0.571 bits per heavy atom. The van der Waals surface area contributed by atoms with Crippen LogP contribution in [0.25, 0.3) is 117 Å². The van der Waals surface area contributed by atoms with Crippen LogP contribution in [0.3, 0.4) is 0 Å². The van der Waals surface area contributed by atoms with Crippen LogP contribution in [-0.4, -0.2) is 28.7 Å². The van der Waals surface area contributed by atoms with Crippen LogP contribution in [0.4, 0.5) is 0 Å². The molecule has 9 aromatic carbocycles. The van der Waals surface area contributed by atoms with Crippen molar-refractivity contribution in [2.45, 2.75) is 0 Å². The van der Waals surface area contributed by atoms with E-state index in [1.807, 2.05) is 24.3 Å². The van der Waals surface area contributed by atoms with Crippen molar-refractivity contribution < 1.29 is 0 Å². The molecular formula is C57H36N6. The number of nitrogens with zero attached hydrogens (tertiary/aromatic N) is 6. The molecule has 63 heavy (non-hydrogen) atoms. The van der Waals surface area contributed by atoms with Crippen LogP contribution in [-0.2, 0) is 0 Å². The van der Waals surface area contributed by atoms with Crippen molar-refractivity contribution in [2.24, 2.45) is 0 Å². The van der Waals surface area contributed by atoms with Gasteiger partial charge in [-0.1, -0.05) is 158 Å². The Morgan fingerprint density at radius 1 is 0.238 bits per heavy atom. The fourth-order valence-electron chi connectivity index (χ4n) is 9.65. The molecule has 6 nitrogen and oxygen atoms in total. The van der Waals surface area contributed by atoms with E-state index in [1.165, 1.54) is 43.6 Å². The molecule has 0 N–H and O–H groups in total. The lowest BCUT2D eigenvalue weighted by Crippen LogP contribution is -2.06. The maximum Gasteiger partial charge on any atom is 0.238 e. The summed E-state index contributed by atoms with van der Waals surface area (Å²) < 4.78 is 6.99. The van der Waals surface area contributed by atoms with Crippen LogP contribution >= 0.6 is 0 Å². The molecule has 0 atom stereocenters. The minimum absolute atomic E-state index is 0.556. The second-order valence-electron chi connectivity index (χ2n) is 16.1. The van der Waals surface area contributed by atoms with Gasteiger partial charge in [-0.05, 0) is 71.8 Å². The van der Waals surface area contributed by atoms with Gasteiger partial charge in [-0.3, -0.25) is 4.57 Å². The highest BCUT2D eigenvalue weighted by atomic mass is 15.2. The van der Waals surface area contributed by atoms with Gasteiger partial charge in [0.05, 0.1) is 33.1 Å². The summed E-state index contributed by atoms with van der Waals surface area (Å²) in [6.07, 6.45) is 0. The molecule has 0 aliphatic heterocycles. The second kappa shape index (κ2) is 14.0. The third kappa shape index (κ3) is 5.55. The van der Waals surface area contributed by atoms with Gasteiger partial charge in [-0.15, -0.1) is 0 Å². The number of hydrogen-bond acceptors (Lipinski definition) is 3. The van der Waals surface area contributed by atoms with E-state index in [1.54, 1.807) is 0 Å². The highest BCUT2D eigenvalue weighted by Crippen LogP contribution is 2.39. The van der Waals surface area contributed by atoms with E-state index in [0.717, 1.165) is 55.4 Å². The molecule has 13 rings (SSSR count). The zero-order valence-electron chi connectivity index (χ0n) is 34.0. The first-order chi connectivity index (χ1) is 31.2. The van der Waals surface area contributed by atoms with Crippen LogP contribution in [0, 0.1) is 0 Å². The van der Waals surface area contributed by atoms with E-state index in [0.29, 0.717) is 17.6 Å². The second-order valence-corrected chi connectivity index (χ2v) is 16.1. The number of benzene rings is 9. The van der Waals surface area contributed by atoms with Crippen LogP contribution in [0.2, 0.25) is 0 Å². The van der Waals surface area contributed by atoms with Gasteiger partial charge in [0.25, 0.3) is 0 Å². The Kier molecular flexibility index (Phi) is 7.80. The maximum atomic E-state index is 5.31. The monoisotopic (exact) mass is 804 g/mol. The van der Waals surface area contributed by atoms with Crippen molar-refractivity contribution in [1.29, 1.82) is 0 Å². The van der Waals surface area contributed by atoms with Crippen LogP contribution in [0.15, 0.2) is 218 Å². The third-order valence-corrected chi connectivity index (χ3v) is 12.5. The lowest BCUT2D eigenvalue weighted by atomic mass is 10.0. The summed E-state index contributed by atoms with van der Waals surface area (Å²) in [5.41, 5.74) is 13.0. The van der Waals surface area contributed by atoms with Gasteiger partial charge in [-0.25, -0.2) is 4.98 Å². The van der Waals surface area contributed by atoms with Crippen molar-refractivity contribution in [1.82, 2.24) is 28.7 Å². The van der Waals surface area contributed by atoms with Gasteiger partial charge in [0.2, 0.25) is 5.95 Å². The first-order valence-electron chi connectivity index (χ1n) is 21.3. The summed E-state index contributed by atoms with van der Waals surface area (Å²) in [6, 6.07) is 77.4.